The highest BCUT2D eigenvalue weighted by Crippen LogP contribution is 2.28. The maximum atomic E-state index is 12.1. The molecule has 2 aromatic rings. The van der Waals surface area contributed by atoms with E-state index in [4.69, 9.17) is 9.15 Å². The number of hydrogen-bond donors (Lipinski definition) is 2. The van der Waals surface area contributed by atoms with Crippen molar-refractivity contribution in [2.45, 2.75) is 33.3 Å². The number of aliphatic hydroxyl groups excluding tert-OH is 1. The first kappa shape index (κ1) is 16.4. The van der Waals surface area contributed by atoms with Crippen LogP contribution in [0.3, 0.4) is 0 Å². The van der Waals surface area contributed by atoms with Crippen LogP contribution < -0.4 is 10.1 Å². The van der Waals surface area contributed by atoms with Gasteiger partial charge in [-0.3, -0.25) is 4.79 Å². The van der Waals surface area contributed by atoms with Gasteiger partial charge in [0.2, 0.25) is 0 Å². The molecule has 0 bridgehead atoms. The molecule has 2 rings (SSSR count). The highest BCUT2D eigenvalue weighted by atomic mass is 16.5. The van der Waals surface area contributed by atoms with Crippen LogP contribution in [0.25, 0.3) is 11.0 Å². The van der Waals surface area contributed by atoms with Gasteiger partial charge in [-0.1, -0.05) is 32.9 Å². The van der Waals surface area contributed by atoms with Crippen LogP contribution in [0.15, 0.2) is 28.7 Å². The predicted molar refractivity (Wildman–Crippen MR) is 85.2 cm³/mol. The van der Waals surface area contributed by atoms with E-state index in [2.05, 4.69) is 5.32 Å². The summed E-state index contributed by atoms with van der Waals surface area (Å²) in [6.07, 6.45) is 0.0299. The molecule has 1 amide bonds. The third kappa shape index (κ3) is 3.60. The van der Waals surface area contributed by atoms with Crippen molar-refractivity contribution >= 4 is 16.9 Å². The molecule has 0 fully saturated rings. The Morgan fingerprint density at radius 2 is 2.14 bits per heavy atom. The average molecular weight is 305 g/mol. The van der Waals surface area contributed by atoms with Crippen molar-refractivity contribution in [3.05, 3.63) is 30.0 Å². The van der Waals surface area contributed by atoms with Gasteiger partial charge in [0.15, 0.2) is 17.1 Å². The summed E-state index contributed by atoms with van der Waals surface area (Å²) in [5.41, 5.74) is 0.363. The van der Waals surface area contributed by atoms with Crippen molar-refractivity contribution in [2.24, 2.45) is 5.41 Å². The van der Waals surface area contributed by atoms with Crippen LogP contribution in [0.1, 0.15) is 37.7 Å². The minimum atomic E-state index is -0.469. The van der Waals surface area contributed by atoms with Crippen molar-refractivity contribution in [1.82, 2.24) is 5.32 Å². The number of furan rings is 1. The number of rotatable bonds is 5. The fraction of sp³-hybridized carbons (Fsp3) is 0.471. The number of fused-ring (bicyclic) bond motifs is 1. The number of hydrogen-bond acceptors (Lipinski definition) is 4. The average Bonchev–Trinajstić information content (AvgIpc) is 2.89. The summed E-state index contributed by atoms with van der Waals surface area (Å²) in [4.78, 5) is 12.1. The Labute approximate surface area is 130 Å². The maximum absolute atomic E-state index is 12.1. The fourth-order valence-electron chi connectivity index (χ4n) is 2.15. The molecule has 1 heterocycles. The third-order valence-electron chi connectivity index (χ3n) is 3.65. The summed E-state index contributed by atoms with van der Waals surface area (Å²) >= 11 is 0. The molecular formula is C17H23NO4. The van der Waals surface area contributed by atoms with Gasteiger partial charge in [0.1, 0.15) is 0 Å². The first-order valence-corrected chi connectivity index (χ1v) is 7.35. The monoisotopic (exact) mass is 305 g/mol. The van der Waals surface area contributed by atoms with Gasteiger partial charge >= 0.3 is 0 Å². The molecule has 5 heteroatoms. The Morgan fingerprint density at radius 1 is 1.41 bits per heavy atom. The number of benzene rings is 1. The van der Waals surface area contributed by atoms with Crippen molar-refractivity contribution in [1.29, 1.82) is 0 Å². The lowest BCUT2D eigenvalue weighted by molar-refractivity contribution is 0.0549. The summed E-state index contributed by atoms with van der Waals surface area (Å²) in [6.45, 7) is 6.28. The van der Waals surface area contributed by atoms with E-state index in [0.717, 1.165) is 5.39 Å². The van der Waals surface area contributed by atoms with Crippen LogP contribution in [0.5, 0.6) is 5.75 Å². The Bertz CT molecular complexity index is 654. The molecule has 1 atom stereocenters. The zero-order chi connectivity index (χ0) is 16.3. The quantitative estimate of drug-likeness (QED) is 0.891. The highest BCUT2D eigenvalue weighted by Gasteiger charge is 2.22. The molecule has 0 aliphatic carbocycles. The van der Waals surface area contributed by atoms with Crippen molar-refractivity contribution in [2.75, 3.05) is 13.7 Å². The second-order valence-corrected chi connectivity index (χ2v) is 6.42. The lowest BCUT2D eigenvalue weighted by Gasteiger charge is -2.25. The second-order valence-electron chi connectivity index (χ2n) is 6.42. The topological polar surface area (TPSA) is 71.7 Å². The molecule has 0 radical (unpaired) electrons. The molecule has 0 aliphatic rings. The summed E-state index contributed by atoms with van der Waals surface area (Å²) in [7, 11) is 1.56. The van der Waals surface area contributed by atoms with Crippen LogP contribution in [0.2, 0.25) is 0 Å². The number of methoxy groups -OCH3 is 1. The molecule has 0 spiro atoms. The van der Waals surface area contributed by atoms with Gasteiger partial charge in [-0.05, 0) is 24.0 Å². The van der Waals surface area contributed by atoms with Gasteiger partial charge in [0.05, 0.1) is 13.2 Å². The first-order chi connectivity index (χ1) is 10.3. The van der Waals surface area contributed by atoms with Gasteiger partial charge in [0.25, 0.3) is 5.91 Å². The van der Waals surface area contributed by atoms with E-state index >= 15 is 0 Å². The molecule has 22 heavy (non-hydrogen) atoms. The van der Waals surface area contributed by atoms with Gasteiger partial charge < -0.3 is 19.6 Å². The molecule has 0 aliphatic heterocycles. The Morgan fingerprint density at radius 3 is 2.77 bits per heavy atom. The van der Waals surface area contributed by atoms with E-state index in [1.54, 1.807) is 19.2 Å². The maximum Gasteiger partial charge on any atom is 0.287 e. The Hall–Kier alpha value is -2.01. The number of para-hydroxylation sites is 1. The molecule has 5 nitrogen and oxygen atoms in total. The van der Waals surface area contributed by atoms with Crippen LogP contribution in [-0.4, -0.2) is 30.8 Å². The SMILES string of the molecule is COc1cccc2cc(C(=O)NCC[C@@H](O)C(C)(C)C)oc12. The van der Waals surface area contributed by atoms with E-state index < -0.39 is 6.10 Å². The van der Waals surface area contributed by atoms with Gasteiger partial charge in [0, 0.05) is 11.9 Å². The van der Waals surface area contributed by atoms with Crippen molar-refractivity contribution in [3.63, 3.8) is 0 Å². The lowest BCUT2D eigenvalue weighted by Crippen LogP contribution is -2.32. The standard InChI is InChI=1S/C17H23NO4/c1-17(2,3)14(19)8-9-18-16(20)13-10-11-6-5-7-12(21-4)15(11)22-13/h5-7,10,14,19H,8-9H2,1-4H3,(H,18,20)/t14-/m1/s1. The molecule has 0 saturated carbocycles. The van der Waals surface area contributed by atoms with Gasteiger partial charge in [-0.25, -0.2) is 0 Å². The van der Waals surface area contributed by atoms with E-state index in [1.165, 1.54) is 0 Å². The third-order valence-corrected chi connectivity index (χ3v) is 3.65. The predicted octanol–water partition coefficient (Wildman–Crippen LogP) is 2.97. The van der Waals surface area contributed by atoms with E-state index in [9.17, 15) is 9.90 Å². The zero-order valence-electron chi connectivity index (χ0n) is 13.5. The molecule has 120 valence electrons. The van der Waals surface area contributed by atoms with Crippen LogP contribution >= 0.6 is 0 Å². The molecule has 1 aromatic heterocycles. The Kier molecular flexibility index (Phi) is 4.76. The second kappa shape index (κ2) is 6.40. The first-order valence-electron chi connectivity index (χ1n) is 7.35. The molecule has 0 saturated heterocycles. The lowest BCUT2D eigenvalue weighted by atomic mass is 9.87. The zero-order valence-corrected chi connectivity index (χ0v) is 13.5. The van der Waals surface area contributed by atoms with E-state index in [0.29, 0.717) is 24.3 Å². The summed E-state index contributed by atoms with van der Waals surface area (Å²) < 4.78 is 10.8. The number of amides is 1. The van der Waals surface area contributed by atoms with Crippen molar-refractivity contribution < 1.29 is 19.1 Å². The number of carbonyl (C=O) groups is 1. The normalized spacial score (nSPS) is 13.1. The molecule has 1 aromatic carbocycles. The Balaban J connectivity index is 2.01. The van der Waals surface area contributed by atoms with Gasteiger partial charge in [-0.15, -0.1) is 0 Å². The van der Waals surface area contributed by atoms with Crippen LogP contribution in [0, 0.1) is 5.41 Å². The summed E-state index contributed by atoms with van der Waals surface area (Å²) in [5.74, 6) is 0.545. The van der Waals surface area contributed by atoms with Crippen molar-refractivity contribution in [3.8, 4) is 5.75 Å². The minimum absolute atomic E-state index is 0.197. The number of aliphatic hydroxyl groups is 1. The van der Waals surface area contributed by atoms with E-state index in [1.807, 2.05) is 32.9 Å². The number of ether oxygens (including phenoxy) is 1. The summed E-state index contributed by atoms with van der Waals surface area (Å²) in [5, 5.41) is 13.5. The molecule has 0 unspecified atom stereocenters. The van der Waals surface area contributed by atoms with Crippen LogP contribution in [-0.2, 0) is 0 Å². The van der Waals surface area contributed by atoms with E-state index in [-0.39, 0.29) is 17.1 Å². The smallest absolute Gasteiger partial charge is 0.287 e. The molecule has 2 N–H and O–H groups in total. The fourth-order valence-corrected chi connectivity index (χ4v) is 2.15. The minimum Gasteiger partial charge on any atom is -0.493 e. The number of carbonyl (C=O) groups excluding carboxylic acids is 1. The summed E-state index contributed by atoms with van der Waals surface area (Å²) in [6, 6.07) is 7.18. The largest absolute Gasteiger partial charge is 0.493 e. The van der Waals surface area contributed by atoms with Gasteiger partial charge in [-0.2, -0.15) is 0 Å². The highest BCUT2D eigenvalue weighted by molar-refractivity contribution is 5.97. The molecular weight excluding hydrogens is 282 g/mol. The van der Waals surface area contributed by atoms with Crippen LogP contribution in [0.4, 0.5) is 0 Å². The number of nitrogens with one attached hydrogen (secondary N) is 1.